The highest BCUT2D eigenvalue weighted by Crippen LogP contribution is 2.29. The SMILES string of the molecule is O=C(CSc1ncnc2ccsc12)NCC1CC1. The number of amides is 1. The molecule has 1 aliphatic carbocycles. The van der Waals surface area contributed by atoms with Crippen molar-refractivity contribution >= 4 is 39.2 Å². The topological polar surface area (TPSA) is 54.9 Å². The van der Waals surface area contributed by atoms with E-state index in [-0.39, 0.29) is 5.91 Å². The summed E-state index contributed by atoms with van der Waals surface area (Å²) in [4.78, 5) is 20.1. The van der Waals surface area contributed by atoms with Crippen molar-refractivity contribution in [2.45, 2.75) is 17.9 Å². The maximum atomic E-state index is 11.7. The average Bonchev–Trinajstić information content (AvgIpc) is 3.09. The first kappa shape index (κ1) is 11.9. The van der Waals surface area contributed by atoms with Crippen LogP contribution in [0.4, 0.5) is 0 Å². The third-order valence-electron chi connectivity index (χ3n) is 2.84. The number of carbonyl (C=O) groups excluding carboxylic acids is 1. The van der Waals surface area contributed by atoms with Gasteiger partial charge in [0.15, 0.2) is 0 Å². The van der Waals surface area contributed by atoms with Gasteiger partial charge in [0.05, 0.1) is 16.0 Å². The van der Waals surface area contributed by atoms with Gasteiger partial charge in [0.2, 0.25) is 5.91 Å². The maximum absolute atomic E-state index is 11.7. The van der Waals surface area contributed by atoms with Crippen LogP contribution in [0.1, 0.15) is 12.8 Å². The second kappa shape index (κ2) is 5.24. The summed E-state index contributed by atoms with van der Waals surface area (Å²) in [5.41, 5.74) is 0.955. The molecule has 2 aromatic rings. The third-order valence-corrected chi connectivity index (χ3v) is 4.86. The van der Waals surface area contributed by atoms with Crippen molar-refractivity contribution in [1.29, 1.82) is 0 Å². The van der Waals surface area contributed by atoms with E-state index in [0.29, 0.717) is 5.75 Å². The molecule has 0 atom stereocenters. The van der Waals surface area contributed by atoms with E-state index in [1.165, 1.54) is 24.6 Å². The first-order chi connectivity index (χ1) is 8.83. The third kappa shape index (κ3) is 2.81. The number of nitrogens with zero attached hydrogens (tertiary/aromatic N) is 2. The van der Waals surface area contributed by atoms with Crippen molar-refractivity contribution in [1.82, 2.24) is 15.3 Å². The molecule has 0 saturated heterocycles. The number of aromatic nitrogens is 2. The van der Waals surface area contributed by atoms with Crippen LogP contribution in [0.3, 0.4) is 0 Å². The Morgan fingerprint density at radius 2 is 2.39 bits per heavy atom. The maximum Gasteiger partial charge on any atom is 0.230 e. The minimum Gasteiger partial charge on any atom is -0.355 e. The number of carbonyl (C=O) groups is 1. The summed E-state index contributed by atoms with van der Waals surface area (Å²) < 4.78 is 1.07. The number of thioether (sulfide) groups is 1. The summed E-state index contributed by atoms with van der Waals surface area (Å²) in [5, 5.41) is 5.85. The Morgan fingerprint density at radius 1 is 1.50 bits per heavy atom. The van der Waals surface area contributed by atoms with Gasteiger partial charge in [-0.1, -0.05) is 11.8 Å². The smallest absolute Gasteiger partial charge is 0.230 e. The summed E-state index contributed by atoms with van der Waals surface area (Å²) in [6.45, 7) is 0.831. The van der Waals surface area contributed by atoms with Gasteiger partial charge in [-0.05, 0) is 30.2 Å². The zero-order valence-electron chi connectivity index (χ0n) is 9.76. The summed E-state index contributed by atoms with van der Waals surface area (Å²) in [6, 6.07) is 1.97. The first-order valence-electron chi connectivity index (χ1n) is 5.90. The molecule has 6 heteroatoms. The van der Waals surface area contributed by atoms with Crippen molar-refractivity contribution in [3.63, 3.8) is 0 Å². The molecule has 0 unspecified atom stereocenters. The highest BCUT2D eigenvalue weighted by molar-refractivity contribution is 8.00. The van der Waals surface area contributed by atoms with E-state index in [0.717, 1.165) is 27.7 Å². The zero-order chi connectivity index (χ0) is 12.4. The van der Waals surface area contributed by atoms with Crippen molar-refractivity contribution in [3.05, 3.63) is 17.8 Å². The van der Waals surface area contributed by atoms with E-state index in [1.807, 2.05) is 11.4 Å². The average molecular weight is 279 g/mol. The van der Waals surface area contributed by atoms with Crippen LogP contribution >= 0.6 is 23.1 Å². The molecule has 2 aromatic heterocycles. The molecule has 18 heavy (non-hydrogen) atoms. The van der Waals surface area contributed by atoms with Crippen molar-refractivity contribution in [2.75, 3.05) is 12.3 Å². The summed E-state index contributed by atoms with van der Waals surface area (Å²) >= 11 is 3.10. The van der Waals surface area contributed by atoms with Crippen LogP contribution in [0.2, 0.25) is 0 Å². The second-order valence-corrected chi connectivity index (χ2v) is 6.23. The Balaban J connectivity index is 1.58. The lowest BCUT2D eigenvalue weighted by Crippen LogP contribution is -2.27. The molecule has 0 spiro atoms. The monoisotopic (exact) mass is 279 g/mol. The first-order valence-corrected chi connectivity index (χ1v) is 7.77. The van der Waals surface area contributed by atoms with Gasteiger partial charge in [-0.3, -0.25) is 4.79 Å². The Labute approximate surface area is 113 Å². The number of hydrogen-bond donors (Lipinski definition) is 1. The van der Waals surface area contributed by atoms with E-state index in [2.05, 4.69) is 15.3 Å². The fraction of sp³-hybridized carbons (Fsp3) is 0.417. The molecule has 0 aromatic carbocycles. The van der Waals surface area contributed by atoms with Gasteiger partial charge >= 0.3 is 0 Å². The van der Waals surface area contributed by atoms with Gasteiger partial charge in [-0.25, -0.2) is 9.97 Å². The number of hydrogen-bond acceptors (Lipinski definition) is 5. The predicted octanol–water partition coefficient (Wildman–Crippen LogP) is 2.31. The molecule has 1 N–H and O–H groups in total. The summed E-state index contributed by atoms with van der Waals surface area (Å²) in [5.74, 6) is 1.24. The fourth-order valence-corrected chi connectivity index (χ4v) is 3.41. The van der Waals surface area contributed by atoms with Gasteiger partial charge in [0.1, 0.15) is 11.4 Å². The van der Waals surface area contributed by atoms with Crippen LogP contribution < -0.4 is 5.32 Å². The van der Waals surface area contributed by atoms with Crippen LogP contribution in [-0.2, 0) is 4.79 Å². The molecule has 1 fully saturated rings. The molecule has 1 amide bonds. The molecule has 2 heterocycles. The molecule has 0 bridgehead atoms. The lowest BCUT2D eigenvalue weighted by Gasteiger charge is -2.03. The summed E-state index contributed by atoms with van der Waals surface area (Å²) in [6.07, 6.45) is 4.07. The van der Waals surface area contributed by atoms with Gasteiger partial charge in [0.25, 0.3) is 0 Å². The minimum atomic E-state index is 0.0928. The second-order valence-electron chi connectivity index (χ2n) is 4.35. The Kier molecular flexibility index (Phi) is 3.47. The van der Waals surface area contributed by atoms with Crippen molar-refractivity contribution in [2.24, 2.45) is 5.92 Å². The van der Waals surface area contributed by atoms with E-state index in [4.69, 9.17) is 0 Å². The van der Waals surface area contributed by atoms with Crippen LogP contribution in [0.15, 0.2) is 22.8 Å². The van der Waals surface area contributed by atoms with Crippen LogP contribution in [0.25, 0.3) is 10.2 Å². The van der Waals surface area contributed by atoms with E-state index in [1.54, 1.807) is 17.7 Å². The standard InChI is InChI=1S/C12H13N3OS2/c16-10(13-5-8-1-2-8)6-18-12-11-9(3-4-17-11)14-7-15-12/h3-4,7-8H,1-2,5-6H2,(H,13,16). The molecule has 3 rings (SSSR count). The molecule has 0 radical (unpaired) electrons. The molecular weight excluding hydrogens is 266 g/mol. The van der Waals surface area contributed by atoms with Crippen LogP contribution in [0, 0.1) is 5.92 Å². The Hall–Kier alpha value is -1.14. The molecular formula is C12H13N3OS2. The van der Waals surface area contributed by atoms with Gasteiger partial charge in [-0.2, -0.15) is 0 Å². The van der Waals surface area contributed by atoms with Gasteiger partial charge < -0.3 is 5.32 Å². The Morgan fingerprint density at radius 3 is 3.22 bits per heavy atom. The number of rotatable bonds is 5. The molecule has 1 aliphatic rings. The minimum absolute atomic E-state index is 0.0928. The molecule has 4 nitrogen and oxygen atoms in total. The lowest BCUT2D eigenvalue weighted by atomic mass is 10.4. The van der Waals surface area contributed by atoms with E-state index < -0.39 is 0 Å². The molecule has 94 valence electrons. The van der Waals surface area contributed by atoms with E-state index >= 15 is 0 Å². The zero-order valence-corrected chi connectivity index (χ0v) is 11.4. The predicted molar refractivity (Wildman–Crippen MR) is 73.9 cm³/mol. The number of fused-ring (bicyclic) bond motifs is 1. The highest BCUT2D eigenvalue weighted by atomic mass is 32.2. The quantitative estimate of drug-likeness (QED) is 0.674. The molecule has 0 aliphatic heterocycles. The van der Waals surface area contributed by atoms with Crippen LogP contribution in [0.5, 0.6) is 0 Å². The summed E-state index contributed by atoms with van der Waals surface area (Å²) in [7, 11) is 0. The van der Waals surface area contributed by atoms with Gasteiger partial charge in [-0.15, -0.1) is 11.3 Å². The largest absolute Gasteiger partial charge is 0.355 e. The van der Waals surface area contributed by atoms with Crippen LogP contribution in [-0.4, -0.2) is 28.2 Å². The fourth-order valence-electron chi connectivity index (χ4n) is 1.63. The Bertz CT molecular complexity index is 565. The molecule has 1 saturated carbocycles. The van der Waals surface area contributed by atoms with Crippen molar-refractivity contribution in [3.8, 4) is 0 Å². The normalized spacial score (nSPS) is 14.9. The number of nitrogens with one attached hydrogen (secondary N) is 1. The van der Waals surface area contributed by atoms with Gasteiger partial charge in [0, 0.05) is 6.54 Å². The highest BCUT2D eigenvalue weighted by Gasteiger charge is 2.21. The van der Waals surface area contributed by atoms with E-state index in [9.17, 15) is 4.79 Å². The van der Waals surface area contributed by atoms with Crippen molar-refractivity contribution < 1.29 is 4.79 Å². The lowest BCUT2D eigenvalue weighted by molar-refractivity contribution is -0.118. The number of thiophene rings is 1.